The number of esters is 1. The topological polar surface area (TPSA) is 89.7 Å². The van der Waals surface area contributed by atoms with Crippen LogP contribution in [-0.4, -0.2) is 35.1 Å². The van der Waals surface area contributed by atoms with Gasteiger partial charge >= 0.3 is 5.97 Å². The van der Waals surface area contributed by atoms with Crippen molar-refractivity contribution in [1.82, 2.24) is 0 Å². The van der Waals surface area contributed by atoms with Crippen molar-refractivity contribution < 1.29 is 17.9 Å². The van der Waals surface area contributed by atoms with E-state index in [0.717, 1.165) is 6.54 Å². The Morgan fingerprint density at radius 1 is 1.40 bits per heavy atom. The number of anilines is 1. The Morgan fingerprint density at radius 3 is 2.45 bits per heavy atom. The minimum absolute atomic E-state index is 0.111. The summed E-state index contributed by atoms with van der Waals surface area (Å²) in [5.74, 6) is -0.204. The van der Waals surface area contributed by atoms with Crippen LogP contribution in [0.2, 0.25) is 0 Å². The lowest BCUT2D eigenvalue weighted by molar-refractivity contribution is 0.0601. The maximum absolute atomic E-state index is 11.8. The van der Waals surface area contributed by atoms with Crippen molar-refractivity contribution in [3.63, 3.8) is 0 Å². The number of hydrogen-bond acceptors (Lipinski definition) is 5. The monoisotopic (exact) mass is 300 g/mol. The van der Waals surface area contributed by atoms with Crippen LogP contribution in [0.5, 0.6) is 0 Å². The minimum Gasteiger partial charge on any atom is -0.465 e. The molecule has 0 saturated heterocycles. The zero-order chi connectivity index (χ0) is 15.5. The van der Waals surface area contributed by atoms with E-state index in [4.69, 9.17) is 9.88 Å². The molecule has 0 aliphatic carbocycles. The second-order valence-electron chi connectivity index (χ2n) is 4.99. The Balaban J connectivity index is 3.34. The largest absolute Gasteiger partial charge is 0.465 e. The molecule has 1 rings (SSSR count). The highest BCUT2D eigenvalue weighted by Crippen LogP contribution is 2.24. The number of methoxy groups -OCH3 is 1. The molecule has 1 aromatic carbocycles. The van der Waals surface area contributed by atoms with Gasteiger partial charge in [0.25, 0.3) is 0 Å². The van der Waals surface area contributed by atoms with Crippen LogP contribution in [0, 0.1) is 5.92 Å². The fourth-order valence-electron chi connectivity index (χ4n) is 1.94. The van der Waals surface area contributed by atoms with Crippen LogP contribution in [0.1, 0.15) is 24.2 Å². The SMILES string of the molecule is COC(=O)c1cc(S(N)(=O)=O)ccc1N(C)CC(C)C. The molecule has 7 heteroatoms. The fourth-order valence-corrected chi connectivity index (χ4v) is 2.48. The Hall–Kier alpha value is -1.60. The quantitative estimate of drug-likeness (QED) is 0.826. The summed E-state index contributed by atoms with van der Waals surface area (Å²) in [4.78, 5) is 13.6. The number of rotatable bonds is 5. The highest BCUT2D eigenvalue weighted by molar-refractivity contribution is 7.89. The smallest absolute Gasteiger partial charge is 0.340 e. The van der Waals surface area contributed by atoms with Gasteiger partial charge in [0, 0.05) is 13.6 Å². The molecule has 0 radical (unpaired) electrons. The Labute approximate surface area is 119 Å². The average molecular weight is 300 g/mol. The van der Waals surface area contributed by atoms with Crippen molar-refractivity contribution in [2.75, 3.05) is 25.6 Å². The van der Waals surface area contributed by atoms with E-state index in [9.17, 15) is 13.2 Å². The van der Waals surface area contributed by atoms with Crippen molar-refractivity contribution in [3.8, 4) is 0 Å². The predicted molar refractivity (Wildman–Crippen MR) is 77.3 cm³/mol. The van der Waals surface area contributed by atoms with Gasteiger partial charge in [0.05, 0.1) is 23.3 Å². The zero-order valence-electron chi connectivity index (χ0n) is 12.1. The number of sulfonamides is 1. The number of hydrogen-bond donors (Lipinski definition) is 1. The lowest BCUT2D eigenvalue weighted by Crippen LogP contribution is -2.25. The number of primary sulfonamides is 1. The number of benzene rings is 1. The molecule has 0 fully saturated rings. The molecule has 0 heterocycles. The van der Waals surface area contributed by atoms with E-state index >= 15 is 0 Å². The molecule has 112 valence electrons. The fraction of sp³-hybridized carbons (Fsp3) is 0.462. The summed E-state index contributed by atoms with van der Waals surface area (Å²) in [6.45, 7) is 4.82. The molecule has 0 unspecified atom stereocenters. The Kier molecular flexibility index (Phi) is 5.13. The third-order valence-electron chi connectivity index (χ3n) is 2.75. The first-order valence-electron chi connectivity index (χ1n) is 6.13. The van der Waals surface area contributed by atoms with E-state index < -0.39 is 16.0 Å². The van der Waals surface area contributed by atoms with Crippen molar-refractivity contribution in [2.24, 2.45) is 11.1 Å². The Morgan fingerprint density at radius 2 is 2.00 bits per heavy atom. The van der Waals surface area contributed by atoms with Gasteiger partial charge in [-0.15, -0.1) is 0 Å². The van der Waals surface area contributed by atoms with Gasteiger partial charge in [-0.2, -0.15) is 0 Å². The van der Waals surface area contributed by atoms with Crippen molar-refractivity contribution in [3.05, 3.63) is 23.8 Å². The summed E-state index contributed by atoms with van der Waals surface area (Å²) in [5, 5.41) is 5.08. The summed E-state index contributed by atoms with van der Waals surface area (Å²) >= 11 is 0. The van der Waals surface area contributed by atoms with E-state index in [1.807, 2.05) is 25.8 Å². The van der Waals surface area contributed by atoms with E-state index in [1.54, 1.807) is 6.07 Å². The number of carbonyl (C=O) groups is 1. The van der Waals surface area contributed by atoms with Gasteiger partial charge in [-0.3, -0.25) is 0 Å². The van der Waals surface area contributed by atoms with E-state index in [-0.39, 0.29) is 10.5 Å². The minimum atomic E-state index is -3.86. The molecular formula is C13H20N2O4S. The summed E-state index contributed by atoms with van der Waals surface area (Å²) in [7, 11) is -0.779. The molecule has 0 atom stereocenters. The second kappa shape index (κ2) is 6.23. The third kappa shape index (κ3) is 3.94. The molecule has 0 saturated carbocycles. The highest BCUT2D eigenvalue weighted by atomic mass is 32.2. The van der Waals surface area contributed by atoms with Gasteiger partial charge in [0.15, 0.2) is 0 Å². The first kappa shape index (κ1) is 16.5. The van der Waals surface area contributed by atoms with Crippen molar-refractivity contribution in [2.45, 2.75) is 18.7 Å². The molecule has 20 heavy (non-hydrogen) atoms. The van der Waals surface area contributed by atoms with Crippen LogP contribution < -0.4 is 10.0 Å². The lowest BCUT2D eigenvalue weighted by Gasteiger charge is -2.23. The summed E-state index contributed by atoms with van der Waals surface area (Å²) in [5.41, 5.74) is 0.792. The standard InChI is InChI=1S/C13H20N2O4S/c1-9(2)8-15(3)12-6-5-10(20(14,17)18)7-11(12)13(16)19-4/h5-7,9H,8H2,1-4H3,(H2,14,17,18). The van der Waals surface area contributed by atoms with Crippen LogP contribution in [-0.2, 0) is 14.8 Å². The van der Waals surface area contributed by atoms with Crippen LogP contribution in [0.25, 0.3) is 0 Å². The lowest BCUT2D eigenvalue weighted by atomic mass is 10.1. The van der Waals surface area contributed by atoms with E-state index in [0.29, 0.717) is 11.6 Å². The average Bonchev–Trinajstić information content (AvgIpc) is 2.35. The normalized spacial score (nSPS) is 11.5. The summed E-state index contributed by atoms with van der Waals surface area (Å²) in [6, 6.07) is 4.19. The molecule has 1 aromatic rings. The number of nitrogens with zero attached hydrogens (tertiary/aromatic N) is 1. The van der Waals surface area contributed by atoms with Gasteiger partial charge < -0.3 is 9.64 Å². The first-order chi connectivity index (χ1) is 9.16. The first-order valence-corrected chi connectivity index (χ1v) is 7.67. The van der Waals surface area contributed by atoms with Gasteiger partial charge in [-0.25, -0.2) is 18.4 Å². The van der Waals surface area contributed by atoms with Crippen molar-refractivity contribution >= 4 is 21.7 Å². The summed E-state index contributed by atoms with van der Waals surface area (Å²) in [6.07, 6.45) is 0. The molecule has 0 bridgehead atoms. The Bertz CT molecular complexity index is 596. The second-order valence-corrected chi connectivity index (χ2v) is 6.55. The van der Waals surface area contributed by atoms with Crippen LogP contribution in [0.15, 0.2) is 23.1 Å². The van der Waals surface area contributed by atoms with Crippen LogP contribution in [0.3, 0.4) is 0 Å². The maximum atomic E-state index is 11.8. The summed E-state index contributed by atoms with van der Waals surface area (Å²) < 4.78 is 27.4. The van der Waals surface area contributed by atoms with Gasteiger partial charge in [0.2, 0.25) is 10.0 Å². The predicted octanol–water partition coefficient (Wildman–Crippen LogP) is 1.21. The van der Waals surface area contributed by atoms with Gasteiger partial charge in [0.1, 0.15) is 0 Å². The molecule has 0 aliphatic rings. The molecule has 0 aliphatic heterocycles. The van der Waals surface area contributed by atoms with Gasteiger partial charge in [-0.1, -0.05) is 13.8 Å². The van der Waals surface area contributed by atoms with Gasteiger partial charge in [-0.05, 0) is 24.1 Å². The van der Waals surface area contributed by atoms with E-state index in [1.165, 1.54) is 19.2 Å². The molecular weight excluding hydrogens is 280 g/mol. The van der Waals surface area contributed by atoms with Crippen LogP contribution >= 0.6 is 0 Å². The molecule has 2 N–H and O–H groups in total. The zero-order valence-corrected chi connectivity index (χ0v) is 12.9. The number of ether oxygens (including phenoxy) is 1. The molecule has 6 nitrogen and oxygen atoms in total. The van der Waals surface area contributed by atoms with E-state index in [2.05, 4.69) is 0 Å². The van der Waals surface area contributed by atoms with Crippen LogP contribution in [0.4, 0.5) is 5.69 Å². The highest BCUT2D eigenvalue weighted by Gasteiger charge is 2.19. The molecule has 0 amide bonds. The number of nitrogens with two attached hydrogens (primary N) is 1. The molecule has 0 aromatic heterocycles. The van der Waals surface area contributed by atoms with Crippen molar-refractivity contribution in [1.29, 1.82) is 0 Å². The number of carbonyl (C=O) groups excluding carboxylic acids is 1. The maximum Gasteiger partial charge on any atom is 0.340 e. The third-order valence-corrected chi connectivity index (χ3v) is 3.66. The molecule has 0 spiro atoms.